The van der Waals surface area contributed by atoms with E-state index in [0.717, 1.165) is 44.9 Å². The lowest BCUT2D eigenvalue weighted by Gasteiger charge is -2.53. The van der Waals surface area contributed by atoms with Crippen molar-refractivity contribution >= 4 is 11.8 Å². The SMILES string of the molecule is CCC1C(=O)NC2(CCCCC2)C(=O)N1C1CC(OC)C1. The normalized spacial score (nSPS) is 35.5. The molecule has 2 amide bonds. The molecule has 0 bridgehead atoms. The maximum Gasteiger partial charge on any atom is 0.249 e. The van der Waals surface area contributed by atoms with Crippen molar-refractivity contribution in [3.05, 3.63) is 0 Å². The molecule has 1 atom stereocenters. The maximum atomic E-state index is 13.1. The number of hydrogen-bond donors (Lipinski definition) is 1. The molecule has 1 aliphatic heterocycles. The molecule has 3 aliphatic rings. The number of methoxy groups -OCH3 is 1. The lowest BCUT2D eigenvalue weighted by atomic mass is 9.76. The van der Waals surface area contributed by atoms with E-state index in [1.165, 1.54) is 0 Å². The maximum absolute atomic E-state index is 13.1. The molecule has 3 fully saturated rings. The summed E-state index contributed by atoms with van der Waals surface area (Å²) in [4.78, 5) is 27.5. The van der Waals surface area contributed by atoms with Crippen LogP contribution in [0.3, 0.4) is 0 Å². The van der Waals surface area contributed by atoms with Crippen LogP contribution in [-0.4, -0.2) is 47.6 Å². The van der Waals surface area contributed by atoms with E-state index in [4.69, 9.17) is 4.74 Å². The van der Waals surface area contributed by atoms with Gasteiger partial charge in [0.25, 0.3) is 0 Å². The van der Waals surface area contributed by atoms with Crippen molar-refractivity contribution in [2.75, 3.05) is 7.11 Å². The van der Waals surface area contributed by atoms with Crippen molar-refractivity contribution in [2.24, 2.45) is 0 Å². The van der Waals surface area contributed by atoms with Crippen molar-refractivity contribution in [3.8, 4) is 0 Å². The molecular weight excluding hydrogens is 268 g/mol. The summed E-state index contributed by atoms with van der Waals surface area (Å²) in [5, 5.41) is 3.08. The van der Waals surface area contributed by atoms with Crippen molar-refractivity contribution < 1.29 is 14.3 Å². The van der Waals surface area contributed by atoms with Crippen molar-refractivity contribution in [1.29, 1.82) is 0 Å². The highest BCUT2D eigenvalue weighted by atomic mass is 16.5. The summed E-state index contributed by atoms with van der Waals surface area (Å²) in [5.74, 6) is 0.202. The van der Waals surface area contributed by atoms with Crippen LogP contribution >= 0.6 is 0 Å². The Labute approximate surface area is 126 Å². The van der Waals surface area contributed by atoms with Crippen LogP contribution in [0.15, 0.2) is 0 Å². The van der Waals surface area contributed by atoms with Crippen LogP contribution in [-0.2, 0) is 14.3 Å². The molecule has 0 aromatic rings. The van der Waals surface area contributed by atoms with Gasteiger partial charge in [-0.3, -0.25) is 9.59 Å². The Bertz CT molecular complexity index is 425. The first-order valence-corrected chi connectivity index (χ1v) is 8.29. The predicted molar refractivity (Wildman–Crippen MR) is 78.7 cm³/mol. The summed E-state index contributed by atoms with van der Waals surface area (Å²) >= 11 is 0. The van der Waals surface area contributed by atoms with Crippen molar-refractivity contribution in [2.45, 2.75) is 82.0 Å². The molecule has 118 valence electrons. The molecule has 2 aliphatic carbocycles. The summed E-state index contributed by atoms with van der Waals surface area (Å²) in [6.07, 6.45) is 7.47. The van der Waals surface area contributed by atoms with Gasteiger partial charge < -0.3 is 15.0 Å². The number of nitrogens with zero attached hydrogens (tertiary/aromatic N) is 1. The van der Waals surface area contributed by atoms with Crippen LogP contribution in [0, 0.1) is 0 Å². The van der Waals surface area contributed by atoms with Gasteiger partial charge in [0, 0.05) is 13.2 Å². The number of rotatable bonds is 3. The average molecular weight is 294 g/mol. The number of amides is 2. The van der Waals surface area contributed by atoms with Gasteiger partial charge in [-0.05, 0) is 32.1 Å². The van der Waals surface area contributed by atoms with Gasteiger partial charge in [0.2, 0.25) is 11.8 Å². The Hall–Kier alpha value is -1.10. The fraction of sp³-hybridized carbons (Fsp3) is 0.875. The zero-order valence-corrected chi connectivity index (χ0v) is 13.1. The van der Waals surface area contributed by atoms with Gasteiger partial charge in [0.15, 0.2) is 0 Å². The van der Waals surface area contributed by atoms with E-state index in [1.54, 1.807) is 7.11 Å². The average Bonchev–Trinajstić information content (AvgIpc) is 2.44. The second kappa shape index (κ2) is 5.59. The monoisotopic (exact) mass is 294 g/mol. The highest BCUT2D eigenvalue weighted by Gasteiger charge is 2.54. The zero-order chi connectivity index (χ0) is 15.0. The third-order valence-electron chi connectivity index (χ3n) is 5.54. The number of hydrogen-bond acceptors (Lipinski definition) is 3. The molecule has 1 saturated heterocycles. The van der Waals surface area contributed by atoms with E-state index in [1.807, 2.05) is 11.8 Å². The molecule has 5 nitrogen and oxygen atoms in total. The number of piperazine rings is 1. The van der Waals surface area contributed by atoms with E-state index in [-0.39, 0.29) is 30.0 Å². The molecular formula is C16H26N2O3. The number of carbonyl (C=O) groups is 2. The summed E-state index contributed by atoms with van der Waals surface area (Å²) < 4.78 is 5.34. The van der Waals surface area contributed by atoms with Gasteiger partial charge >= 0.3 is 0 Å². The molecule has 0 aromatic heterocycles. The molecule has 3 rings (SSSR count). The summed E-state index contributed by atoms with van der Waals surface area (Å²) in [6, 6.07) is -0.120. The number of nitrogens with one attached hydrogen (secondary N) is 1. The molecule has 1 heterocycles. The summed E-state index contributed by atoms with van der Waals surface area (Å²) in [7, 11) is 1.71. The third kappa shape index (κ3) is 2.35. The molecule has 5 heteroatoms. The Kier molecular flexibility index (Phi) is 3.95. The van der Waals surface area contributed by atoms with Crippen LogP contribution < -0.4 is 5.32 Å². The van der Waals surface area contributed by atoms with Gasteiger partial charge in [-0.1, -0.05) is 26.2 Å². The van der Waals surface area contributed by atoms with E-state index in [9.17, 15) is 9.59 Å². The fourth-order valence-corrected chi connectivity index (χ4v) is 4.14. The number of carbonyl (C=O) groups excluding carboxylic acids is 2. The molecule has 0 radical (unpaired) electrons. The quantitative estimate of drug-likeness (QED) is 0.860. The van der Waals surface area contributed by atoms with Gasteiger partial charge in [0.05, 0.1) is 6.10 Å². The smallest absolute Gasteiger partial charge is 0.249 e. The van der Waals surface area contributed by atoms with Crippen molar-refractivity contribution in [1.82, 2.24) is 10.2 Å². The lowest BCUT2D eigenvalue weighted by Crippen LogP contribution is -2.73. The van der Waals surface area contributed by atoms with Gasteiger partial charge in [-0.2, -0.15) is 0 Å². The molecule has 1 spiro atoms. The first kappa shape index (κ1) is 14.8. The minimum Gasteiger partial charge on any atom is -0.381 e. The molecule has 1 N–H and O–H groups in total. The van der Waals surface area contributed by atoms with Gasteiger partial charge in [-0.15, -0.1) is 0 Å². The number of ether oxygens (including phenoxy) is 1. The Morgan fingerprint density at radius 3 is 2.48 bits per heavy atom. The van der Waals surface area contributed by atoms with Gasteiger partial charge in [0.1, 0.15) is 11.6 Å². The summed E-state index contributed by atoms with van der Waals surface area (Å²) in [5.41, 5.74) is -0.612. The molecule has 21 heavy (non-hydrogen) atoms. The second-order valence-corrected chi connectivity index (χ2v) is 6.75. The van der Waals surface area contributed by atoms with Crippen LogP contribution in [0.4, 0.5) is 0 Å². The van der Waals surface area contributed by atoms with Crippen LogP contribution in [0.1, 0.15) is 58.3 Å². The standard InChI is InChI=1S/C16H26N2O3/c1-3-13-14(19)17-16(7-5-4-6-8-16)15(20)18(13)11-9-12(10-11)21-2/h11-13H,3-10H2,1-2H3,(H,17,19). The lowest BCUT2D eigenvalue weighted by molar-refractivity contribution is -0.165. The Morgan fingerprint density at radius 1 is 1.24 bits per heavy atom. The zero-order valence-electron chi connectivity index (χ0n) is 13.1. The first-order valence-electron chi connectivity index (χ1n) is 8.29. The highest BCUT2D eigenvalue weighted by Crippen LogP contribution is 2.38. The van der Waals surface area contributed by atoms with E-state index >= 15 is 0 Å². The largest absolute Gasteiger partial charge is 0.381 e. The Morgan fingerprint density at radius 2 is 1.90 bits per heavy atom. The van der Waals surface area contributed by atoms with E-state index < -0.39 is 5.54 Å². The van der Waals surface area contributed by atoms with Crippen LogP contribution in [0.25, 0.3) is 0 Å². The van der Waals surface area contributed by atoms with E-state index in [2.05, 4.69) is 5.32 Å². The third-order valence-corrected chi connectivity index (χ3v) is 5.54. The molecule has 2 saturated carbocycles. The Balaban J connectivity index is 1.83. The fourth-order valence-electron chi connectivity index (χ4n) is 4.14. The molecule has 0 aromatic carbocycles. The highest BCUT2D eigenvalue weighted by molar-refractivity contribution is 6.00. The minimum absolute atomic E-state index is 0.0415. The van der Waals surface area contributed by atoms with Crippen LogP contribution in [0.2, 0.25) is 0 Å². The first-order chi connectivity index (χ1) is 10.1. The molecule has 1 unspecified atom stereocenters. The predicted octanol–water partition coefficient (Wildman–Crippen LogP) is 1.60. The summed E-state index contributed by atoms with van der Waals surface area (Å²) in [6.45, 7) is 1.98. The van der Waals surface area contributed by atoms with Gasteiger partial charge in [-0.25, -0.2) is 0 Å². The van der Waals surface area contributed by atoms with Crippen LogP contribution in [0.5, 0.6) is 0 Å². The minimum atomic E-state index is -0.612. The topological polar surface area (TPSA) is 58.6 Å². The van der Waals surface area contributed by atoms with E-state index in [0.29, 0.717) is 6.42 Å². The van der Waals surface area contributed by atoms with Crippen molar-refractivity contribution in [3.63, 3.8) is 0 Å². The second-order valence-electron chi connectivity index (χ2n) is 6.75.